The SMILES string of the molecule is C[C@H](Oc1cc(Cl)nc(-c2noc3c2CCC[C@@]32CCc3ccc(N)c(C#N)c32)n1)[C@@H]1CCCN1C. The molecular weight excluding hydrogens is 476 g/mol. The number of hydrogen-bond acceptors (Lipinski definition) is 8. The summed E-state index contributed by atoms with van der Waals surface area (Å²) in [6.45, 7) is 3.14. The molecular formula is C27H29ClN6O2. The van der Waals surface area contributed by atoms with E-state index in [4.69, 9.17) is 31.6 Å². The summed E-state index contributed by atoms with van der Waals surface area (Å²) in [6, 6.07) is 8.21. The van der Waals surface area contributed by atoms with E-state index in [0.717, 1.165) is 67.5 Å². The Morgan fingerprint density at radius 3 is 2.92 bits per heavy atom. The number of aryl methyl sites for hydroxylation is 1. The molecule has 0 saturated carbocycles. The summed E-state index contributed by atoms with van der Waals surface area (Å²) in [4.78, 5) is 11.5. The fourth-order valence-electron chi connectivity index (χ4n) is 6.62. The summed E-state index contributed by atoms with van der Waals surface area (Å²) < 4.78 is 12.3. The van der Waals surface area contributed by atoms with Crippen molar-refractivity contribution in [3.63, 3.8) is 0 Å². The van der Waals surface area contributed by atoms with Crippen LogP contribution in [0, 0.1) is 11.3 Å². The summed E-state index contributed by atoms with van der Waals surface area (Å²) >= 11 is 6.42. The van der Waals surface area contributed by atoms with Crippen molar-refractivity contribution < 1.29 is 9.26 Å². The molecule has 186 valence electrons. The van der Waals surface area contributed by atoms with Gasteiger partial charge in [-0.1, -0.05) is 22.8 Å². The molecule has 2 aromatic heterocycles. The number of ether oxygens (including phenoxy) is 1. The zero-order valence-electron chi connectivity index (χ0n) is 20.6. The van der Waals surface area contributed by atoms with Gasteiger partial charge in [-0.05, 0) is 82.7 Å². The van der Waals surface area contributed by atoms with E-state index in [9.17, 15) is 5.26 Å². The van der Waals surface area contributed by atoms with Crippen molar-refractivity contribution in [3.8, 4) is 23.5 Å². The van der Waals surface area contributed by atoms with Gasteiger partial charge in [0.1, 0.15) is 17.3 Å². The molecule has 8 nitrogen and oxygen atoms in total. The Labute approximate surface area is 215 Å². The van der Waals surface area contributed by atoms with Crippen LogP contribution in [0.1, 0.15) is 67.0 Å². The van der Waals surface area contributed by atoms with E-state index < -0.39 is 5.41 Å². The van der Waals surface area contributed by atoms with Crippen LogP contribution in [-0.2, 0) is 18.3 Å². The first-order valence-corrected chi connectivity index (χ1v) is 13.0. The normalized spacial score (nSPS) is 23.9. The number of fused-ring (bicyclic) bond motifs is 4. The van der Waals surface area contributed by atoms with Crippen LogP contribution in [0.5, 0.6) is 5.88 Å². The van der Waals surface area contributed by atoms with Gasteiger partial charge >= 0.3 is 0 Å². The molecule has 0 unspecified atom stereocenters. The van der Waals surface area contributed by atoms with Crippen molar-refractivity contribution in [2.45, 2.75) is 69.4 Å². The number of likely N-dealkylation sites (tertiary alicyclic amines) is 1. The van der Waals surface area contributed by atoms with Crippen LogP contribution in [0.4, 0.5) is 5.69 Å². The van der Waals surface area contributed by atoms with E-state index in [2.05, 4.69) is 35.1 Å². The van der Waals surface area contributed by atoms with Gasteiger partial charge in [-0.25, -0.2) is 4.98 Å². The van der Waals surface area contributed by atoms with Crippen LogP contribution in [0.25, 0.3) is 11.5 Å². The molecule has 1 aromatic carbocycles. The molecule has 3 aromatic rings. The molecule has 9 heteroatoms. The minimum atomic E-state index is -0.409. The van der Waals surface area contributed by atoms with E-state index >= 15 is 0 Å². The van der Waals surface area contributed by atoms with Crippen molar-refractivity contribution in [2.24, 2.45) is 0 Å². The quantitative estimate of drug-likeness (QED) is 0.402. The third-order valence-electron chi connectivity index (χ3n) is 8.30. The number of nitrogen functional groups attached to an aromatic ring is 1. The molecule has 0 radical (unpaired) electrons. The van der Waals surface area contributed by atoms with Crippen molar-refractivity contribution in [1.29, 1.82) is 5.26 Å². The lowest BCUT2D eigenvalue weighted by atomic mass is 9.68. The fourth-order valence-corrected chi connectivity index (χ4v) is 6.80. The Kier molecular flexibility index (Phi) is 5.66. The lowest BCUT2D eigenvalue weighted by molar-refractivity contribution is 0.117. The molecule has 36 heavy (non-hydrogen) atoms. The molecule has 3 aliphatic rings. The molecule has 2 N–H and O–H groups in total. The minimum absolute atomic E-state index is 0.0318. The summed E-state index contributed by atoms with van der Waals surface area (Å²) in [6.07, 6.45) is 6.59. The van der Waals surface area contributed by atoms with Crippen molar-refractivity contribution >= 4 is 17.3 Å². The zero-order valence-corrected chi connectivity index (χ0v) is 21.3. The maximum absolute atomic E-state index is 9.93. The second-order valence-electron chi connectivity index (χ2n) is 10.3. The molecule has 2 aliphatic carbocycles. The van der Waals surface area contributed by atoms with Crippen LogP contribution in [0.3, 0.4) is 0 Å². The number of rotatable bonds is 4. The number of aromatic nitrogens is 3. The Morgan fingerprint density at radius 2 is 2.14 bits per heavy atom. The third-order valence-corrected chi connectivity index (χ3v) is 8.49. The first-order valence-electron chi connectivity index (χ1n) is 12.6. The first kappa shape index (κ1) is 23.3. The second kappa shape index (κ2) is 8.75. The standard InChI is InChI=1S/C27H29ClN6O2/c1-15(20-6-4-12-34(20)2)35-22-13-21(28)31-26(32-22)24-17-5-3-10-27(25(17)36-33-24)11-9-16-7-8-19(30)18(14-29)23(16)27/h7-8,13,15,20H,3-6,9-12,30H2,1-2H3/t15-,20-,27-/m0/s1. The first-order chi connectivity index (χ1) is 17.4. The molecule has 3 atom stereocenters. The van der Waals surface area contributed by atoms with Crippen molar-refractivity contribution in [1.82, 2.24) is 20.0 Å². The number of nitrogens with two attached hydrogens (primary N) is 1. The van der Waals surface area contributed by atoms with Crippen LogP contribution < -0.4 is 10.5 Å². The monoisotopic (exact) mass is 504 g/mol. The van der Waals surface area contributed by atoms with Gasteiger partial charge in [0, 0.05) is 23.4 Å². The van der Waals surface area contributed by atoms with Gasteiger partial charge in [0.25, 0.3) is 0 Å². The number of nitriles is 1. The highest BCUT2D eigenvalue weighted by molar-refractivity contribution is 6.29. The molecule has 1 fully saturated rings. The van der Waals surface area contributed by atoms with Gasteiger partial charge in [0.15, 0.2) is 17.3 Å². The second-order valence-corrected chi connectivity index (χ2v) is 10.7. The largest absolute Gasteiger partial charge is 0.473 e. The van der Waals surface area contributed by atoms with Gasteiger partial charge in [-0.3, -0.25) is 4.90 Å². The predicted molar refractivity (Wildman–Crippen MR) is 136 cm³/mol. The van der Waals surface area contributed by atoms with E-state index in [-0.39, 0.29) is 6.10 Å². The smallest absolute Gasteiger partial charge is 0.218 e. The average Bonchev–Trinajstić information content (AvgIpc) is 3.57. The number of benzene rings is 1. The van der Waals surface area contributed by atoms with E-state index in [0.29, 0.717) is 39.8 Å². The highest BCUT2D eigenvalue weighted by Gasteiger charge is 2.49. The van der Waals surface area contributed by atoms with Gasteiger partial charge in [-0.2, -0.15) is 10.2 Å². The Morgan fingerprint density at radius 1 is 1.28 bits per heavy atom. The minimum Gasteiger partial charge on any atom is -0.473 e. The maximum atomic E-state index is 9.93. The molecule has 1 saturated heterocycles. The summed E-state index contributed by atoms with van der Waals surface area (Å²) in [5, 5.41) is 14.7. The number of likely N-dealkylation sites (N-methyl/N-ethyl adjacent to an activating group) is 1. The third kappa shape index (κ3) is 3.56. The Hall–Kier alpha value is -3.15. The number of hydrogen-bond donors (Lipinski definition) is 1. The Balaban J connectivity index is 1.39. The Bertz CT molecular complexity index is 1380. The zero-order chi connectivity index (χ0) is 25.0. The lowest BCUT2D eigenvalue weighted by Crippen LogP contribution is -2.38. The van der Waals surface area contributed by atoms with E-state index in [1.165, 1.54) is 6.42 Å². The van der Waals surface area contributed by atoms with E-state index in [1.54, 1.807) is 6.07 Å². The summed E-state index contributed by atoms with van der Waals surface area (Å²) in [7, 11) is 2.12. The summed E-state index contributed by atoms with van der Waals surface area (Å²) in [5.41, 5.74) is 10.6. The highest BCUT2D eigenvalue weighted by atomic mass is 35.5. The lowest BCUT2D eigenvalue weighted by Gasteiger charge is -2.33. The van der Waals surface area contributed by atoms with Gasteiger partial charge in [-0.15, -0.1) is 0 Å². The van der Waals surface area contributed by atoms with Gasteiger partial charge in [0.05, 0.1) is 11.0 Å². The number of halogens is 1. The molecule has 6 rings (SSSR count). The van der Waals surface area contributed by atoms with Crippen LogP contribution >= 0.6 is 11.6 Å². The number of anilines is 1. The summed E-state index contributed by atoms with van der Waals surface area (Å²) in [5.74, 6) is 1.64. The fraction of sp³-hybridized carbons (Fsp3) is 0.481. The molecule has 0 amide bonds. The predicted octanol–water partition coefficient (Wildman–Crippen LogP) is 4.67. The topological polar surface area (TPSA) is 114 Å². The van der Waals surface area contributed by atoms with Crippen LogP contribution in [0.2, 0.25) is 5.15 Å². The van der Waals surface area contributed by atoms with Crippen molar-refractivity contribution in [2.75, 3.05) is 19.3 Å². The van der Waals surface area contributed by atoms with Crippen LogP contribution in [0.15, 0.2) is 22.7 Å². The van der Waals surface area contributed by atoms with E-state index in [1.807, 2.05) is 12.1 Å². The molecule has 1 aliphatic heterocycles. The van der Waals surface area contributed by atoms with Crippen molar-refractivity contribution in [3.05, 3.63) is 51.4 Å². The van der Waals surface area contributed by atoms with Gasteiger partial charge < -0.3 is 15.0 Å². The molecule has 0 bridgehead atoms. The number of nitrogens with zero attached hydrogens (tertiary/aromatic N) is 5. The maximum Gasteiger partial charge on any atom is 0.218 e. The highest BCUT2D eigenvalue weighted by Crippen LogP contribution is 2.54. The molecule has 3 heterocycles. The van der Waals surface area contributed by atoms with Crippen LogP contribution in [-0.4, -0.2) is 45.8 Å². The van der Waals surface area contributed by atoms with Gasteiger partial charge in [0.2, 0.25) is 5.88 Å². The average molecular weight is 505 g/mol. The molecule has 1 spiro atoms.